The zero-order valence-corrected chi connectivity index (χ0v) is 14.3. The fourth-order valence-corrected chi connectivity index (χ4v) is 3.69. The summed E-state index contributed by atoms with van der Waals surface area (Å²) in [7, 11) is 0. The summed E-state index contributed by atoms with van der Waals surface area (Å²) in [6.07, 6.45) is 12.7. The highest BCUT2D eigenvalue weighted by atomic mass is 19.0. The summed E-state index contributed by atoms with van der Waals surface area (Å²) in [6.45, 7) is 0.733. The molecule has 0 radical (unpaired) electrons. The molecule has 0 aromatic heterocycles. The standard InChI is InChI=1S/C18H16.C5H6O.FH/c1-3-7-15-13(5-1)9-11-18-16-8-4-2-6-14(16)10-12-17(15)18;1-2-4-6-5-3-1;/h1,3,5,7,9-12H,2,4,6,8H2;1-4H,5H2;1H. The summed E-state index contributed by atoms with van der Waals surface area (Å²) in [5.41, 5.74) is 3.17. The molecule has 2 heteroatoms. The van der Waals surface area contributed by atoms with Crippen LogP contribution in [0.4, 0.5) is 4.70 Å². The Balaban J connectivity index is 0.000000224. The van der Waals surface area contributed by atoms with Crippen molar-refractivity contribution in [2.24, 2.45) is 0 Å². The van der Waals surface area contributed by atoms with E-state index in [1.807, 2.05) is 18.2 Å². The van der Waals surface area contributed by atoms with Crippen molar-refractivity contribution in [3.05, 3.63) is 84.1 Å². The average Bonchev–Trinajstić information content (AvgIpc) is 2.69. The molecule has 0 unspecified atom stereocenters. The highest BCUT2D eigenvalue weighted by Gasteiger charge is 2.13. The molecule has 1 aliphatic carbocycles. The van der Waals surface area contributed by atoms with Crippen LogP contribution in [0.5, 0.6) is 0 Å². The lowest BCUT2D eigenvalue weighted by Crippen LogP contribution is -2.02. The van der Waals surface area contributed by atoms with Crippen molar-refractivity contribution < 1.29 is 9.44 Å². The Labute approximate surface area is 148 Å². The number of hydrogen-bond acceptors (Lipinski definition) is 1. The van der Waals surface area contributed by atoms with Gasteiger partial charge in [0.1, 0.15) is 6.61 Å². The van der Waals surface area contributed by atoms with E-state index in [-0.39, 0.29) is 4.70 Å². The van der Waals surface area contributed by atoms with E-state index in [0.29, 0.717) is 0 Å². The third-order valence-corrected chi connectivity index (χ3v) is 4.87. The molecule has 0 spiro atoms. The number of hydrogen-bond donors (Lipinski definition) is 0. The second kappa shape index (κ2) is 7.98. The van der Waals surface area contributed by atoms with Crippen LogP contribution in [0.1, 0.15) is 24.0 Å². The highest BCUT2D eigenvalue weighted by molar-refractivity contribution is 6.08. The first-order chi connectivity index (χ1) is 11.9. The summed E-state index contributed by atoms with van der Waals surface area (Å²) < 4.78 is 4.80. The van der Waals surface area contributed by atoms with Crippen molar-refractivity contribution in [1.82, 2.24) is 0 Å². The Hall–Kier alpha value is -2.61. The van der Waals surface area contributed by atoms with Gasteiger partial charge in [-0.2, -0.15) is 0 Å². The molecule has 0 saturated heterocycles. The first kappa shape index (κ1) is 17.2. The molecular formula is C23H23FO. The molecule has 25 heavy (non-hydrogen) atoms. The molecule has 1 nitrogen and oxygen atoms in total. The van der Waals surface area contributed by atoms with Crippen LogP contribution in [0.15, 0.2) is 73.0 Å². The molecular weight excluding hydrogens is 311 g/mol. The Morgan fingerprint density at radius 3 is 2.32 bits per heavy atom. The molecule has 128 valence electrons. The first-order valence-corrected chi connectivity index (χ1v) is 8.79. The number of rotatable bonds is 0. The lowest BCUT2D eigenvalue weighted by molar-refractivity contribution is 0.286. The third-order valence-electron chi connectivity index (χ3n) is 4.87. The fraction of sp³-hybridized carbons (Fsp3) is 0.217. The normalized spacial score (nSPS) is 14.9. The Kier molecular flexibility index (Phi) is 5.49. The molecule has 0 bridgehead atoms. The molecule has 0 amide bonds. The molecule has 5 rings (SSSR count). The second-order valence-corrected chi connectivity index (χ2v) is 6.38. The van der Waals surface area contributed by atoms with Gasteiger partial charge in [0.15, 0.2) is 0 Å². The van der Waals surface area contributed by atoms with Gasteiger partial charge in [-0.3, -0.25) is 4.70 Å². The van der Waals surface area contributed by atoms with Gasteiger partial charge in [0, 0.05) is 0 Å². The number of ether oxygens (including phenoxy) is 1. The number of aryl methyl sites for hydroxylation is 2. The smallest absolute Gasteiger partial charge is 0.106 e. The molecule has 3 aromatic rings. The predicted molar refractivity (Wildman–Crippen MR) is 105 cm³/mol. The van der Waals surface area contributed by atoms with Gasteiger partial charge in [0.25, 0.3) is 0 Å². The van der Waals surface area contributed by atoms with Gasteiger partial charge in [0.05, 0.1) is 6.26 Å². The van der Waals surface area contributed by atoms with Crippen LogP contribution >= 0.6 is 0 Å². The Bertz CT molecular complexity index is 912. The number of fused-ring (bicyclic) bond motifs is 5. The maximum absolute atomic E-state index is 4.80. The molecule has 0 N–H and O–H groups in total. The summed E-state index contributed by atoms with van der Waals surface area (Å²) in [5, 5.41) is 5.64. The van der Waals surface area contributed by atoms with E-state index >= 15 is 0 Å². The Morgan fingerprint density at radius 1 is 0.720 bits per heavy atom. The number of allylic oxidation sites excluding steroid dienone is 2. The second-order valence-electron chi connectivity index (χ2n) is 6.38. The van der Waals surface area contributed by atoms with Crippen molar-refractivity contribution in [2.75, 3.05) is 6.61 Å². The minimum absolute atomic E-state index is 0. The molecule has 3 aromatic carbocycles. The topological polar surface area (TPSA) is 9.23 Å². The van der Waals surface area contributed by atoms with Crippen LogP contribution in [0.2, 0.25) is 0 Å². The minimum Gasteiger partial charge on any atom is -0.497 e. The van der Waals surface area contributed by atoms with Crippen molar-refractivity contribution in [2.45, 2.75) is 25.7 Å². The summed E-state index contributed by atoms with van der Waals surface area (Å²) in [6, 6.07) is 18.0. The van der Waals surface area contributed by atoms with E-state index in [0.717, 1.165) is 6.61 Å². The zero-order valence-electron chi connectivity index (χ0n) is 14.3. The van der Waals surface area contributed by atoms with Crippen LogP contribution in [0, 0.1) is 0 Å². The van der Waals surface area contributed by atoms with Crippen LogP contribution < -0.4 is 0 Å². The van der Waals surface area contributed by atoms with Crippen molar-refractivity contribution in [1.29, 1.82) is 0 Å². The highest BCUT2D eigenvalue weighted by Crippen LogP contribution is 2.33. The summed E-state index contributed by atoms with van der Waals surface area (Å²) >= 11 is 0. The van der Waals surface area contributed by atoms with E-state index in [4.69, 9.17) is 4.74 Å². The predicted octanol–water partition coefficient (Wildman–Crippen LogP) is 6.11. The van der Waals surface area contributed by atoms with Gasteiger partial charge in [-0.1, -0.05) is 54.6 Å². The maximum atomic E-state index is 4.80. The number of benzene rings is 3. The summed E-state index contributed by atoms with van der Waals surface area (Å²) in [5.74, 6) is 0. The fourth-order valence-electron chi connectivity index (χ4n) is 3.69. The van der Waals surface area contributed by atoms with Crippen LogP contribution in [-0.4, -0.2) is 6.61 Å². The minimum atomic E-state index is 0. The lowest BCUT2D eigenvalue weighted by Gasteiger charge is -2.18. The van der Waals surface area contributed by atoms with E-state index in [1.54, 1.807) is 17.4 Å². The van der Waals surface area contributed by atoms with Crippen molar-refractivity contribution in [3.63, 3.8) is 0 Å². The lowest BCUT2D eigenvalue weighted by atomic mass is 9.86. The first-order valence-electron chi connectivity index (χ1n) is 8.79. The van der Waals surface area contributed by atoms with Gasteiger partial charge >= 0.3 is 0 Å². The largest absolute Gasteiger partial charge is 0.497 e. The van der Waals surface area contributed by atoms with Gasteiger partial charge in [-0.25, -0.2) is 0 Å². The molecule has 0 atom stereocenters. The third kappa shape index (κ3) is 3.58. The quantitative estimate of drug-likeness (QED) is 0.451. The van der Waals surface area contributed by atoms with Gasteiger partial charge in [-0.15, -0.1) is 0 Å². The van der Waals surface area contributed by atoms with Gasteiger partial charge in [-0.05, 0) is 70.5 Å². The molecule has 2 aliphatic rings. The molecule has 1 heterocycles. The Morgan fingerprint density at radius 2 is 1.56 bits per heavy atom. The van der Waals surface area contributed by atoms with E-state index in [1.165, 1.54) is 47.2 Å². The van der Waals surface area contributed by atoms with Gasteiger partial charge in [0.2, 0.25) is 0 Å². The van der Waals surface area contributed by atoms with Crippen LogP contribution in [0.25, 0.3) is 21.5 Å². The molecule has 0 fully saturated rings. The molecule has 0 saturated carbocycles. The monoisotopic (exact) mass is 334 g/mol. The van der Waals surface area contributed by atoms with Crippen molar-refractivity contribution in [3.8, 4) is 0 Å². The average molecular weight is 334 g/mol. The van der Waals surface area contributed by atoms with Gasteiger partial charge < -0.3 is 4.74 Å². The summed E-state index contributed by atoms with van der Waals surface area (Å²) in [4.78, 5) is 0. The maximum Gasteiger partial charge on any atom is 0.106 e. The van der Waals surface area contributed by atoms with Crippen LogP contribution in [0.3, 0.4) is 0 Å². The number of halogens is 1. The van der Waals surface area contributed by atoms with E-state index in [2.05, 4.69) is 48.5 Å². The molecule has 1 aliphatic heterocycles. The van der Waals surface area contributed by atoms with Crippen molar-refractivity contribution >= 4 is 21.5 Å². The van der Waals surface area contributed by atoms with E-state index < -0.39 is 0 Å². The van der Waals surface area contributed by atoms with E-state index in [9.17, 15) is 0 Å². The van der Waals surface area contributed by atoms with Crippen LogP contribution in [-0.2, 0) is 17.6 Å². The zero-order chi connectivity index (χ0) is 16.2. The SMILES string of the molecule is C1=CCOC=C1.F.c1ccc2c(c1)ccc1c3c(ccc12)CCCC3.